The Morgan fingerprint density at radius 3 is 2.69 bits per heavy atom. The van der Waals surface area contributed by atoms with Crippen LogP contribution in [-0.2, 0) is 4.74 Å². The fourth-order valence-corrected chi connectivity index (χ4v) is 1.40. The third-order valence-electron chi connectivity index (χ3n) is 1.32. The summed E-state index contributed by atoms with van der Waals surface area (Å²) in [5, 5.41) is 0. The Labute approximate surface area is 85.6 Å². The molecule has 1 aromatic rings. The van der Waals surface area contributed by atoms with Gasteiger partial charge in [0.1, 0.15) is 4.60 Å². The van der Waals surface area contributed by atoms with Gasteiger partial charge in [-0.25, -0.2) is 9.78 Å². The fourth-order valence-electron chi connectivity index (χ4n) is 0.872. The van der Waals surface area contributed by atoms with Gasteiger partial charge in [0.05, 0.1) is 11.8 Å². The lowest BCUT2D eigenvalue weighted by Crippen LogP contribution is -2.14. The molecule has 0 amide bonds. The highest BCUT2D eigenvalue weighted by Crippen LogP contribution is 2.11. The highest BCUT2D eigenvalue weighted by Gasteiger charge is 2.16. The van der Waals surface area contributed by atoms with Gasteiger partial charge in [0, 0.05) is 0 Å². The SMILES string of the molecule is Bc1nc(Br)c(C(=O)OC(C)C)[nH]1. The Balaban J connectivity index is 2.82. The molecule has 1 heterocycles. The Bertz CT molecular complexity index is 324. The first-order valence-electron chi connectivity index (χ1n) is 3.93. The zero-order chi connectivity index (χ0) is 10.0. The number of carbonyl (C=O) groups excluding carboxylic acids is 1. The lowest BCUT2D eigenvalue weighted by atomic mass is 10.1. The molecule has 1 aromatic heterocycles. The van der Waals surface area contributed by atoms with Crippen molar-refractivity contribution >= 4 is 35.5 Å². The van der Waals surface area contributed by atoms with Crippen molar-refractivity contribution in [3.05, 3.63) is 10.3 Å². The van der Waals surface area contributed by atoms with Gasteiger partial charge in [-0.2, -0.15) is 0 Å². The van der Waals surface area contributed by atoms with Crippen molar-refractivity contribution in [3.8, 4) is 0 Å². The molecule has 4 nitrogen and oxygen atoms in total. The summed E-state index contributed by atoms with van der Waals surface area (Å²) in [6.07, 6.45) is -0.122. The van der Waals surface area contributed by atoms with E-state index < -0.39 is 0 Å². The predicted molar refractivity (Wildman–Crippen MR) is 55.0 cm³/mol. The van der Waals surface area contributed by atoms with Crippen molar-refractivity contribution in [1.29, 1.82) is 0 Å². The number of esters is 1. The van der Waals surface area contributed by atoms with Gasteiger partial charge < -0.3 is 9.72 Å². The summed E-state index contributed by atoms with van der Waals surface area (Å²) in [6, 6.07) is 0. The molecule has 1 rings (SSSR count). The number of hydrogen-bond acceptors (Lipinski definition) is 3. The van der Waals surface area contributed by atoms with Gasteiger partial charge in [-0.1, -0.05) is 0 Å². The largest absolute Gasteiger partial charge is 0.458 e. The van der Waals surface area contributed by atoms with E-state index >= 15 is 0 Å². The van der Waals surface area contributed by atoms with E-state index in [4.69, 9.17) is 4.74 Å². The number of imidazole rings is 1. The second-order valence-corrected chi connectivity index (χ2v) is 3.69. The molecule has 0 spiro atoms. The third kappa shape index (κ3) is 2.58. The molecular weight excluding hydrogens is 235 g/mol. The van der Waals surface area contributed by atoms with Gasteiger partial charge in [-0.05, 0) is 29.8 Å². The van der Waals surface area contributed by atoms with Crippen LogP contribution in [0.1, 0.15) is 24.3 Å². The molecule has 13 heavy (non-hydrogen) atoms. The van der Waals surface area contributed by atoms with Crippen molar-refractivity contribution in [2.75, 3.05) is 0 Å². The zero-order valence-corrected chi connectivity index (χ0v) is 9.31. The Hall–Kier alpha value is -0.775. The smallest absolute Gasteiger partial charge is 0.357 e. The van der Waals surface area contributed by atoms with Crippen LogP contribution in [0.5, 0.6) is 0 Å². The number of H-pyrrole nitrogens is 1. The normalized spacial score (nSPS) is 10.5. The van der Waals surface area contributed by atoms with Crippen LogP contribution in [0.15, 0.2) is 4.60 Å². The van der Waals surface area contributed by atoms with Crippen LogP contribution in [0.4, 0.5) is 0 Å². The van der Waals surface area contributed by atoms with Crippen LogP contribution in [0.3, 0.4) is 0 Å². The molecule has 0 atom stereocenters. The number of carbonyl (C=O) groups is 1. The molecule has 0 fully saturated rings. The molecule has 0 aromatic carbocycles. The van der Waals surface area contributed by atoms with Crippen molar-refractivity contribution < 1.29 is 9.53 Å². The molecule has 70 valence electrons. The van der Waals surface area contributed by atoms with Crippen molar-refractivity contribution in [3.63, 3.8) is 0 Å². The maximum atomic E-state index is 11.4. The first kappa shape index (κ1) is 10.3. The second kappa shape index (κ2) is 3.96. The monoisotopic (exact) mass is 244 g/mol. The van der Waals surface area contributed by atoms with Crippen molar-refractivity contribution in [1.82, 2.24) is 9.97 Å². The number of nitrogens with zero attached hydrogens (tertiary/aromatic N) is 1. The zero-order valence-electron chi connectivity index (χ0n) is 7.72. The highest BCUT2D eigenvalue weighted by atomic mass is 79.9. The quantitative estimate of drug-likeness (QED) is 0.589. The first-order valence-corrected chi connectivity index (χ1v) is 4.73. The molecule has 6 heteroatoms. The number of aromatic amines is 1. The van der Waals surface area contributed by atoms with Crippen LogP contribution in [0.2, 0.25) is 0 Å². The lowest BCUT2D eigenvalue weighted by molar-refractivity contribution is 0.0370. The lowest BCUT2D eigenvalue weighted by Gasteiger charge is -2.05. The topological polar surface area (TPSA) is 55.0 Å². The second-order valence-electron chi connectivity index (χ2n) is 2.94. The summed E-state index contributed by atoms with van der Waals surface area (Å²) in [5.74, 6) is -0.387. The minimum Gasteiger partial charge on any atom is -0.458 e. The Morgan fingerprint density at radius 1 is 1.69 bits per heavy atom. The van der Waals surface area contributed by atoms with E-state index in [9.17, 15) is 4.79 Å². The van der Waals surface area contributed by atoms with Gasteiger partial charge in [0.2, 0.25) is 0 Å². The Kier molecular flexibility index (Phi) is 3.14. The maximum absolute atomic E-state index is 11.4. The molecule has 0 aliphatic carbocycles. The van der Waals surface area contributed by atoms with Gasteiger partial charge in [-0.3, -0.25) is 0 Å². The summed E-state index contributed by atoms with van der Waals surface area (Å²) in [7, 11) is 1.77. The molecule has 0 aliphatic heterocycles. The third-order valence-corrected chi connectivity index (χ3v) is 1.90. The van der Waals surface area contributed by atoms with Crippen molar-refractivity contribution in [2.24, 2.45) is 0 Å². The standard InChI is InChI=1S/C7H10BBrN2O2/c1-3(2)13-6(12)4-5(9)11-7(8)10-4/h3H,8H2,1-2H3,(H,10,11). The number of nitrogens with one attached hydrogen (secondary N) is 1. The number of hydrogen-bond donors (Lipinski definition) is 1. The van der Waals surface area contributed by atoms with Crippen LogP contribution in [-0.4, -0.2) is 29.9 Å². The molecule has 0 saturated heterocycles. The van der Waals surface area contributed by atoms with Crippen LogP contribution >= 0.6 is 15.9 Å². The molecule has 0 unspecified atom stereocenters. The fraction of sp³-hybridized carbons (Fsp3) is 0.429. The highest BCUT2D eigenvalue weighted by molar-refractivity contribution is 9.10. The number of halogens is 1. The van der Waals surface area contributed by atoms with E-state index in [0.717, 1.165) is 0 Å². The maximum Gasteiger partial charge on any atom is 0.357 e. The molecule has 0 bridgehead atoms. The summed E-state index contributed by atoms with van der Waals surface area (Å²) in [6.45, 7) is 3.60. The van der Waals surface area contributed by atoms with E-state index in [1.165, 1.54) is 0 Å². The predicted octanol–water partition coefficient (Wildman–Crippen LogP) is -0.00420. The average molecular weight is 245 g/mol. The van der Waals surface area contributed by atoms with E-state index in [-0.39, 0.29) is 12.1 Å². The van der Waals surface area contributed by atoms with Crippen LogP contribution < -0.4 is 5.72 Å². The first-order chi connectivity index (χ1) is 6.00. The summed E-state index contributed by atoms with van der Waals surface area (Å²) >= 11 is 3.16. The summed E-state index contributed by atoms with van der Waals surface area (Å²) in [4.78, 5) is 18.2. The number of aromatic nitrogens is 2. The summed E-state index contributed by atoms with van der Waals surface area (Å²) in [5.41, 5.74) is 1.05. The minimum absolute atomic E-state index is 0.122. The van der Waals surface area contributed by atoms with E-state index in [1.807, 2.05) is 0 Å². The average Bonchev–Trinajstić information content (AvgIpc) is 2.28. The van der Waals surface area contributed by atoms with Gasteiger partial charge in [-0.15, -0.1) is 0 Å². The molecule has 0 radical (unpaired) electrons. The summed E-state index contributed by atoms with van der Waals surface area (Å²) < 4.78 is 5.49. The van der Waals surface area contributed by atoms with Crippen LogP contribution in [0, 0.1) is 0 Å². The van der Waals surface area contributed by atoms with E-state index in [0.29, 0.717) is 16.0 Å². The molecular formula is C7H10BBrN2O2. The molecule has 1 N–H and O–H groups in total. The van der Waals surface area contributed by atoms with Gasteiger partial charge in [0.15, 0.2) is 13.5 Å². The molecule has 0 aliphatic rings. The minimum atomic E-state index is -0.387. The van der Waals surface area contributed by atoms with Gasteiger partial charge >= 0.3 is 5.97 Å². The molecule has 0 saturated carbocycles. The number of rotatable bonds is 2. The van der Waals surface area contributed by atoms with Crippen molar-refractivity contribution in [2.45, 2.75) is 20.0 Å². The van der Waals surface area contributed by atoms with E-state index in [1.54, 1.807) is 21.7 Å². The van der Waals surface area contributed by atoms with Gasteiger partial charge in [0.25, 0.3) is 0 Å². The number of ether oxygens (including phenoxy) is 1. The van der Waals surface area contributed by atoms with Crippen LogP contribution in [0.25, 0.3) is 0 Å². The van der Waals surface area contributed by atoms with E-state index in [2.05, 4.69) is 25.9 Å². The Morgan fingerprint density at radius 2 is 2.31 bits per heavy atom.